The van der Waals surface area contributed by atoms with E-state index in [9.17, 15) is 4.79 Å². The SMILES string of the molecule is CC[C@H]1SC(=S)N(CNc2ccc(C)c(C)c2)C1=O. The van der Waals surface area contributed by atoms with Gasteiger partial charge in [-0.2, -0.15) is 0 Å². The van der Waals surface area contributed by atoms with Crippen molar-refractivity contribution in [1.29, 1.82) is 0 Å². The van der Waals surface area contributed by atoms with E-state index >= 15 is 0 Å². The summed E-state index contributed by atoms with van der Waals surface area (Å²) in [5, 5.41) is 3.26. The lowest BCUT2D eigenvalue weighted by atomic mass is 10.1. The summed E-state index contributed by atoms with van der Waals surface area (Å²) in [6.45, 7) is 6.62. The van der Waals surface area contributed by atoms with Crippen molar-refractivity contribution in [3.8, 4) is 0 Å². The van der Waals surface area contributed by atoms with Gasteiger partial charge < -0.3 is 5.32 Å². The second-order valence-corrected chi connectivity index (χ2v) is 6.52. The fourth-order valence-corrected chi connectivity index (χ4v) is 3.34. The molecule has 19 heavy (non-hydrogen) atoms. The van der Waals surface area contributed by atoms with Crippen LogP contribution in [0.15, 0.2) is 18.2 Å². The van der Waals surface area contributed by atoms with Gasteiger partial charge in [0, 0.05) is 5.69 Å². The first-order chi connectivity index (χ1) is 9.02. The summed E-state index contributed by atoms with van der Waals surface area (Å²) in [5.41, 5.74) is 3.52. The number of hydrogen-bond acceptors (Lipinski definition) is 4. The Morgan fingerprint density at radius 1 is 1.37 bits per heavy atom. The minimum atomic E-state index is -0.00551. The molecule has 1 N–H and O–H groups in total. The summed E-state index contributed by atoms with van der Waals surface area (Å²) in [6, 6.07) is 6.19. The molecule has 1 fully saturated rings. The zero-order valence-electron chi connectivity index (χ0n) is 11.4. The standard InChI is InChI=1S/C14H18N2OS2/c1-4-12-13(17)16(14(18)19-12)8-15-11-6-5-9(2)10(3)7-11/h5-7,12,15H,4,8H2,1-3H3/t12-/m1/s1. The molecular weight excluding hydrogens is 276 g/mol. The smallest absolute Gasteiger partial charge is 0.243 e. The minimum Gasteiger partial charge on any atom is -0.367 e. The summed E-state index contributed by atoms with van der Waals surface area (Å²) in [5.74, 6) is 0.119. The number of thioether (sulfide) groups is 1. The van der Waals surface area contributed by atoms with Gasteiger partial charge in [0.05, 0.1) is 11.9 Å². The van der Waals surface area contributed by atoms with Crippen LogP contribution in [0.1, 0.15) is 24.5 Å². The van der Waals surface area contributed by atoms with E-state index in [1.165, 1.54) is 22.9 Å². The molecule has 1 amide bonds. The van der Waals surface area contributed by atoms with Crippen molar-refractivity contribution in [3.05, 3.63) is 29.3 Å². The van der Waals surface area contributed by atoms with E-state index in [4.69, 9.17) is 12.2 Å². The van der Waals surface area contributed by atoms with Crippen LogP contribution in [0.25, 0.3) is 0 Å². The molecule has 0 radical (unpaired) electrons. The molecule has 0 spiro atoms. The lowest BCUT2D eigenvalue weighted by Crippen LogP contribution is -2.35. The molecule has 1 aromatic rings. The van der Waals surface area contributed by atoms with Crippen molar-refractivity contribution >= 4 is 39.9 Å². The highest BCUT2D eigenvalue weighted by atomic mass is 32.2. The first-order valence-corrected chi connectivity index (χ1v) is 7.65. The predicted octanol–water partition coefficient (Wildman–Crippen LogP) is 3.31. The van der Waals surface area contributed by atoms with Gasteiger partial charge in [0.15, 0.2) is 0 Å². The maximum Gasteiger partial charge on any atom is 0.243 e. The van der Waals surface area contributed by atoms with Crippen molar-refractivity contribution in [1.82, 2.24) is 4.90 Å². The molecule has 5 heteroatoms. The number of benzene rings is 1. The maximum atomic E-state index is 12.1. The van der Waals surface area contributed by atoms with Crippen LogP contribution in [-0.4, -0.2) is 27.0 Å². The van der Waals surface area contributed by atoms with Crippen LogP contribution >= 0.6 is 24.0 Å². The molecule has 2 rings (SSSR count). The van der Waals surface area contributed by atoms with Crippen LogP contribution < -0.4 is 5.32 Å². The lowest BCUT2D eigenvalue weighted by molar-refractivity contribution is -0.125. The average molecular weight is 294 g/mol. The van der Waals surface area contributed by atoms with E-state index in [1.807, 2.05) is 13.0 Å². The second-order valence-electron chi connectivity index (χ2n) is 4.68. The molecule has 1 aromatic carbocycles. The Balaban J connectivity index is 2.00. The topological polar surface area (TPSA) is 32.3 Å². The van der Waals surface area contributed by atoms with Gasteiger partial charge in [-0.1, -0.05) is 37.0 Å². The Morgan fingerprint density at radius 3 is 2.68 bits per heavy atom. The van der Waals surface area contributed by atoms with E-state index in [-0.39, 0.29) is 11.2 Å². The fraction of sp³-hybridized carbons (Fsp3) is 0.429. The Hall–Kier alpha value is -1.07. The Bertz CT molecular complexity index is 516. The third-order valence-corrected chi connectivity index (χ3v) is 5.07. The van der Waals surface area contributed by atoms with Gasteiger partial charge in [0.1, 0.15) is 4.32 Å². The van der Waals surface area contributed by atoms with Gasteiger partial charge in [-0.15, -0.1) is 0 Å². The molecular formula is C14H18N2OS2. The van der Waals surface area contributed by atoms with Crippen molar-refractivity contribution in [2.75, 3.05) is 12.0 Å². The molecule has 3 nitrogen and oxygen atoms in total. The van der Waals surface area contributed by atoms with Gasteiger partial charge >= 0.3 is 0 Å². The molecule has 0 aromatic heterocycles. The molecule has 102 valence electrons. The third kappa shape index (κ3) is 3.09. The van der Waals surface area contributed by atoms with Crippen LogP contribution in [0.2, 0.25) is 0 Å². The average Bonchev–Trinajstić information content (AvgIpc) is 2.66. The zero-order valence-corrected chi connectivity index (χ0v) is 13.0. The van der Waals surface area contributed by atoms with E-state index in [0.717, 1.165) is 12.1 Å². The quantitative estimate of drug-likeness (QED) is 0.864. The molecule has 1 atom stereocenters. The molecule has 1 aliphatic rings. The summed E-state index contributed by atoms with van der Waals surface area (Å²) in [6.07, 6.45) is 0.823. The largest absolute Gasteiger partial charge is 0.367 e. The molecule has 0 aliphatic carbocycles. The summed E-state index contributed by atoms with van der Waals surface area (Å²) >= 11 is 6.74. The van der Waals surface area contributed by atoms with Crippen molar-refractivity contribution < 1.29 is 4.79 Å². The molecule has 1 saturated heterocycles. The zero-order chi connectivity index (χ0) is 14.0. The van der Waals surface area contributed by atoms with E-state index in [1.54, 1.807) is 4.90 Å². The number of rotatable bonds is 4. The summed E-state index contributed by atoms with van der Waals surface area (Å²) in [4.78, 5) is 13.7. The van der Waals surface area contributed by atoms with E-state index < -0.39 is 0 Å². The molecule has 0 bridgehead atoms. The van der Waals surface area contributed by atoms with Gasteiger partial charge in [0.2, 0.25) is 5.91 Å². The highest BCUT2D eigenvalue weighted by Gasteiger charge is 2.35. The molecule has 1 heterocycles. The monoisotopic (exact) mass is 294 g/mol. The summed E-state index contributed by atoms with van der Waals surface area (Å²) in [7, 11) is 0. The molecule has 1 aliphatic heterocycles. The number of nitrogens with zero attached hydrogens (tertiary/aromatic N) is 1. The van der Waals surface area contributed by atoms with Crippen LogP contribution in [0.5, 0.6) is 0 Å². The van der Waals surface area contributed by atoms with Crippen LogP contribution in [0.3, 0.4) is 0 Å². The van der Waals surface area contributed by atoms with E-state index in [2.05, 4.69) is 31.3 Å². The highest BCUT2D eigenvalue weighted by Crippen LogP contribution is 2.29. The van der Waals surface area contributed by atoms with Crippen molar-refractivity contribution in [2.24, 2.45) is 0 Å². The van der Waals surface area contributed by atoms with Crippen LogP contribution in [0, 0.1) is 13.8 Å². The number of carbonyl (C=O) groups is 1. The first kappa shape index (κ1) is 14.3. The third-order valence-electron chi connectivity index (χ3n) is 3.32. The number of aryl methyl sites for hydroxylation is 2. The summed E-state index contributed by atoms with van der Waals surface area (Å²) < 4.78 is 0.674. The van der Waals surface area contributed by atoms with Crippen molar-refractivity contribution in [2.45, 2.75) is 32.4 Å². The molecule has 0 saturated carbocycles. The van der Waals surface area contributed by atoms with Crippen LogP contribution in [0.4, 0.5) is 5.69 Å². The fourth-order valence-electron chi connectivity index (χ4n) is 1.92. The van der Waals surface area contributed by atoms with Crippen LogP contribution in [-0.2, 0) is 4.79 Å². The second kappa shape index (κ2) is 5.92. The van der Waals surface area contributed by atoms with E-state index in [0.29, 0.717) is 11.0 Å². The number of thiocarbonyl (C=S) groups is 1. The Morgan fingerprint density at radius 2 is 2.11 bits per heavy atom. The maximum absolute atomic E-state index is 12.1. The number of hydrogen-bond donors (Lipinski definition) is 1. The van der Waals surface area contributed by atoms with Gasteiger partial charge in [0.25, 0.3) is 0 Å². The number of carbonyl (C=O) groups excluding carboxylic acids is 1. The predicted molar refractivity (Wildman–Crippen MR) is 85.5 cm³/mol. The number of amides is 1. The number of nitrogens with one attached hydrogen (secondary N) is 1. The Kier molecular flexibility index (Phi) is 4.47. The Labute approximate surface area is 123 Å². The number of anilines is 1. The van der Waals surface area contributed by atoms with Gasteiger partial charge in [-0.3, -0.25) is 9.69 Å². The lowest BCUT2D eigenvalue weighted by Gasteiger charge is -2.17. The highest BCUT2D eigenvalue weighted by molar-refractivity contribution is 8.24. The van der Waals surface area contributed by atoms with Crippen molar-refractivity contribution in [3.63, 3.8) is 0 Å². The first-order valence-electron chi connectivity index (χ1n) is 6.36. The normalized spacial score (nSPS) is 19.1. The minimum absolute atomic E-state index is 0.00551. The van der Waals surface area contributed by atoms with Gasteiger partial charge in [-0.25, -0.2) is 0 Å². The molecule has 0 unspecified atom stereocenters. The van der Waals surface area contributed by atoms with Gasteiger partial charge in [-0.05, 0) is 43.5 Å².